The summed E-state index contributed by atoms with van der Waals surface area (Å²) in [6.07, 6.45) is 8.34. The van der Waals surface area contributed by atoms with Gasteiger partial charge in [0.1, 0.15) is 0 Å². The van der Waals surface area contributed by atoms with Gasteiger partial charge in [0.2, 0.25) is 0 Å². The van der Waals surface area contributed by atoms with E-state index in [1.165, 1.54) is 32.1 Å². The van der Waals surface area contributed by atoms with Gasteiger partial charge >= 0.3 is 0 Å². The molecular weight excluding hydrogens is 306 g/mol. The van der Waals surface area contributed by atoms with Crippen LogP contribution in [0, 0.1) is 0 Å². The van der Waals surface area contributed by atoms with Crippen LogP contribution in [0.2, 0.25) is 0 Å². The van der Waals surface area contributed by atoms with E-state index >= 15 is 0 Å². The zero-order valence-electron chi connectivity index (χ0n) is 11.5. The smallest absolute Gasteiger partial charge is 0.174 e. The Labute approximate surface area is 123 Å². The van der Waals surface area contributed by atoms with Crippen molar-refractivity contribution in [2.24, 2.45) is 4.99 Å². The highest BCUT2D eigenvalue weighted by atomic mass is 79.9. The predicted molar refractivity (Wildman–Crippen MR) is 81.7 cm³/mol. The standard InChI is InChI=1S/C15H20BrNO2/c1-18-14-9-11(8-13(16)15(14)19-2)10-17-12-6-4-3-5-7-12/h8-10,12H,3-7H2,1-2H3. The Balaban J connectivity index is 2.15. The number of rotatable bonds is 4. The van der Waals surface area contributed by atoms with E-state index < -0.39 is 0 Å². The lowest BCUT2D eigenvalue weighted by molar-refractivity contribution is 0.353. The lowest BCUT2D eigenvalue weighted by Crippen LogP contribution is -2.09. The van der Waals surface area contributed by atoms with Crippen molar-refractivity contribution in [1.29, 1.82) is 0 Å². The summed E-state index contributed by atoms with van der Waals surface area (Å²) in [5.41, 5.74) is 1.04. The molecule has 1 saturated carbocycles. The Hall–Kier alpha value is -1.03. The summed E-state index contributed by atoms with van der Waals surface area (Å²) in [6.45, 7) is 0. The number of nitrogens with zero attached hydrogens (tertiary/aromatic N) is 1. The predicted octanol–water partition coefficient (Wildman–Crippen LogP) is 4.22. The third-order valence-electron chi connectivity index (χ3n) is 3.47. The molecule has 0 aromatic heterocycles. The Morgan fingerprint density at radius 1 is 1.16 bits per heavy atom. The van der Waals surface area contributed by atoms with Gasteiger partial charge in [0.05, 0.1) is 18.7 Å². The molecule has 0 unspecified atom stereocenters. The van der Waals surface area contributed by atoms with Gasteiger partial charge < -0.3 is 9.47 Å². The summed E-state index contributed by atoms with van der Waals surface area (Å²) < 4.78 is 11.5. The minimum atomic E-state index is 0.487. The van der Waals surface area contributed by atoms with Crippen LogP contribution in [0.1, 0.15) is 37.7 Å². The molecule has 104 valence electrons. The molecule has 0 heterocycles. The fourth-order valence-electron chi connectivity index (χ4n) is 2.43. The quantitative estimate of drug-likeness (QED) is 0.776. The molecule has 0 N–H and O–H groups in total. The molecule has 3 nitrogen and oxygen atoms in total. The summed E-state index contributed by atoms with van der Waals surface area (Å²) in [5.74, 6) is 1.44. The van der Waals surface area contributed by atoms with E-state index in [1.54, 1.807) is 14.2 Å². The molecule has 0 amide bonds. The maximum absolute atomic E-state index is 5.33. The zero-order chi connectivity index (χ0) is 13.7. The van der Waals surface area contributed by atoms with Crippen LogP contribution in [0.15, 0.2) is 21.6 Å². The van der Waals surface area contributed by atoms with Crippen LogP contribution < -0.4 is 9.47 Å². The van der Waals surface area contributed by atoms with Crippen LogP contribution in [-0.2, 0) is 0 Å². The van der Waals surface area contributed by atoms with Crippen molar-refractivity contribution in [2.45, 2.75) is 38.1 Å². The highest BCUT2D eigenvalue weighted by Crippen LogP contribution is 2.35. The molecule has 0 saturated heterocycles. The second-order valence-corrected chi connectivity index (χ2v) is 5.66. The summed E-state index contributed by atoms with van der Waals surface area (Å²) in [6, 6.07) is 4.45. The van der Waals surface area contributed by atoms with Crippen LogP contribution >= 0.6 is 15.9 Å². The van der Waals surface area contributed by atoms with E-state index in [1.807, 2.05) is 18.3 Å². The normalized spacial score (nSPS) is 16.8. The molecule has 1 aliphatic carbocycles. The zero-order valence-corrected chi connectivity index (χ0v) is 13.1. The number of halogens is 1. The van der Waals surface area contributed by atoms with Gasteiger partial charge in [-0.3, -0.25) is 4.99 Å². The Kier molecular flexibility index (Phi) is 5.25. The maximum Gasteiger partial charge on any atom is 0.174 e. The molecule has 1 aliphatic rings. The number of hydrogen-bond acceptors (Lipinski definition) is 3. The summed E-state index contributed by atoms with van der Waals surface area (Å²) in [7, 11) is 3.28. The molecule has 1 aromatic rings. The van der Waals surface area contributed by atoms with E-state index in [0.29, 0.717) is 6.04 Å². The minimum absolute atomic E-state index is 0.487. The molecule has 1 fully saturated rings. The third-order valence-corrected chi connectivity index (χ3v) is 4.05. The molecule has 19 heavy (non-hydrogen) atoms. The molecule has 0 radical (unpaired) electrons. The Bertz CT molecular complexity index is 454. The average molecular weight is 326 g/mol. The van der Waals surface area contributed by atoms with Gasteiger partial charge in [-0.2, -0.15) is 0 Å². The van der Waals surface area contributed by atoms with Crippen molar-refractivity contribution in [2.75, 3.05) is 14.2 Å². The van der Waals surface area contributed by atoms with E-state index in [-0.39, 0.29) is 0 Å². The second-order valence-electron chi connectivity index (χ2n) is 4.81. The SMILES string of the molecule is COc1cc(C=NC2CCCCC2)cc(Br)c1OC. The molecule has 0 bridgehead atoms. The van der Waals surface area contributed by atoms with Crippen LogP contribution in [0.25, 0.3) is 0 Å². The highest BCUT2D eigenvalue weighted by molar-refractivity contribution is 9.10. The number of benzene rings is 1. The van der Waals surface area contributed by atoms with Crippen molar-refractivity contribution in [3.8, 4) is 11.5 Å². The fraction of sp³-hybridized carbons (Fsp3) is 0.533. The molecular formula is C15H20BrNO2. The molecule has 0 aliphatic heterocycles. The molecule has 0 atom stereocenters. The number of methoxy groups -OCH3 is 2. The largest absolute Gasteiger partial charge is 0.493 e. The van der Waals surface area contributed by atoms with E-state index in [4.69, 9.17) is 9.47 Å². The first-order valence-electron chi connectivity index (χ1n) is 6.69. The van der Waals surface area contributed by atoms with E-state index in [0.717, 1.165) is 21.5 Å². The van der Waals surface area contributed by atoms with Gasteiger partial charge in [-0.25, -0.2) is 0 Å². The lowest BCUT2D eigenvalue weighted by atomic mass is 9.96. The molecule has 2 rings (SSSR count). The fourth-order valence-corrected chi connectivity index (χ4v) is 3.06. The van der Waals surface area contributed by atoms with E-state index in [9.17, 15) is 0 Å². The van der Waals surface area contributed by atoms with Crippen LogP contribution in [-0.4, -0.2) is 26.5 Å². The Morgan fingerprint density at radius 3 is 2.53 bits per heavy atom. The molecule has 0 spiro atoms. The van der Waals surface area contributed by atoms with Gasteiger partial charge in [0, 0.05) is 12.3 Å². The number of ether oxygens (including phenoxy) is 2. The number of hydrogen-bond donors (Lipinski definition) is 0. The third kappa shape index (κ3) is 3.72. The van der Waals surface area contributed by atoms with Crippen LogP contribution in [0.3, 0.4) is 0 Å². The first-order chi connectivity index (χ1) is 9.24. The van der Waals surface area contributed by atoms with Gasteiger partial charge in [-0.15, -0.1) is 0 Å². The van der Waals surface area contributed by atoms with Crippen LogP contribution in [0.4, 0.5) is 0 Å². The minimum Gasteiger partial charge on any atom is -0.493 e. The van der Waals surface area contributed by atoms with Crippen molar-refractivity contribution in [1.82, 2.24) is 0 Å². The summed E-state index contributed by atoms with van der Waals surface area (Å²) in [5, 5.41) is 0. The Morgan fingerprint density at radius 2 is 1.89 bits per heavy atom. The van der Waals surface area contributed by atoms with Crippen molar-refractivity contribution in [3.63, 3.8) is 0 Å². The van der Waals surface area contributed by atoms with Gasteiger partial charge in [0.25, 0.3) is 0 Å². The second kappa shape index (κ2) is 6.94. The summed E-state index contributed by atoms with van der Waals surface area (Å²) in [4.78, 5) is 4.68. The molecule has 4 heteroatoms. The van der Waals surface area contributed by atoms with Gasteiger partial charge in [-0.05, 0) is 46.5 Å². The topological polar surface area (TPSA) is 30.8 Å². The lowest BCUT2D eigenvalue weighted by Gasteiger charge is -2.17. The van der Waals surface area contributed by atoms with Crippen molar-refractivity contribution < 1.29 is 9.47 Å². The maximum atomic E-state index is 5.33. The average Bonchev–Trinajstić information content (AvgIpc) is 2.45. The molecule has 1 aromatic carbocycles. The monoisotopic (exact) mass is 325 g/mol. The highest BCUT2D eigenvalue weighted by Gasteiger charge is 2.12. The van der Waals surface area contributed by atoms with Crippen molar-refractivity contribution in [3.05, 3.63) is 22.2 Å². The summed E-state index contributed by atoms with van der Waals surface area (Å²) >= 11 is 3.50. The van der Waals surface area contributed by atoms with Crippen molar-refractivity contribution >= 4 is 22.1 Å². The first-order valence-corrected chi connectivity index (χ1v) is 7.48. The number of aliphatic imine (C=N–C) groups is 1. The van der Waals surface area contributed by atoms with E-state index in [2.05, 4.69) is 20.9 Å². The van der Waals surface area contributed by atoms with Gasteiger partial charge in [0.15, 0.2) is 11.5 Å². The first kappa shape index (κ1) is 14.4. The van der Waals surface area contributed by atoms with Gasteiger partial charge in [-0.1, -0.05) is 19.3 Å². The van der Waals surface area contributed by atoms with Crippen LogP contribution in [0.5, 0.6) is 11.5 Å².